The van der Waals surface area contributed by atoms with E-state index in [-0.39, 0.29) is 19.0 Å². The highest BCUT2D eigenvalue weighted by Crippen LogP contribution is 2.31. The second-order valence-electron chi connectivity index (χ2n) is 4.56. The number of aromatic nitrogens is 3. The molecule has 1 amide bonds. The highest BCUT2D eigenvalue weighted by Gasteiger charge is 2.40. The molecule has 7 nitrogen and oxygen atoms in total. The van der Waals surface area contributed by atoms with Crippen LogP contribution in [0.1, 0.15) is 18.7 Å². The molecule has 21 heavy (non-hydrogen) atoms. The van der Waals surface area contributed by atoms with Crippen LogP contribution in [0.5, 0.6) is 0 Å². The average molecular weight is 330 g/mol. The minimum Gasteiger partial charge on any atom is -0.381 e. The first-order chi connectivity index (χ1) is 9.37. The van der Waals surface area contributed by atoms with Crippen molar-refractivity contribution < 1.29 is 22.7 Å². The van der Waals surface area contributed by atoms with Crippen molar-refractivity contribution >= 4 is 24.3 Å². The third-order valence-electron chi connectivity index (χ3n) is 3.30. The van der Waals surface area contributed by atoms with Gasteiger partial charge in [0.25, 0.3) is 0 Å². The number of hydrogen-bond donors (Lipinski definition) is 3. The van der Waals surface area contributed by atoms with Crippen molar-refractivity contribution in [2.24, 2.45) is 11.1 Å². The van der Waals surface area contributed by atoms with Crippen LogP contribution < -0.4 is 11.1 Å². The van der Waals surface area contributed by atoms with Gasteiger partial charge in [0, 0.05) is 19.8 Å². The molecule has 0 saturated carbocycles. The van der Waals surface area contributed by atoms with Crippen LogP contribution in [-0.2, 0) is 15.7 Å². The van der Waals surface area contributed by atoms with Crippen LogP contribution in [0.15, 0.2) is 0 Å². The maximum atomic E-state index is 12.4. The molecular weight excluding hydrogens is 315 g/mol. The number of carbonyl (C=O) groups is 1. The Balaban J connectivity index is 0.00000220. The first kappa shape index (κ1) is 17.7. The highest BCUT2D eigenvalue weighted by molar-refractivity contribution is 5.94. The van der Waals surface area contributed by atoms with Gasteiger partial charge in [-0.3, -0.25) is 15.2 Å². The zero-order valence-corrected chi connectivity index (χ0v) is 11.7. The molecule has 2 rings (SSSR count). The van der Waals surface area contributed by atoms with E-state index < -0.39 is 29.3 Å². The molecule has 1 aliphatic rings. The summed E-state index contributed by atoms with van der Waals surface area (Å²) in [5.41, 5.74) is 4.77. The molecule has 0 spiro atoms. The van der Waals surface area contributed by atoms with Crippen LogP contribution in [0, 0.1) is 5.41 Å². The largest absolute Gasteiger partial charge is 0.451 e. The summed E-state index contributed by atoms with van der Waals surface area (Å²) >= 11 is 0. The Morgan fingerprint density at radius 3 is 2.52 bits per heavy atom. The van der Waals surface area contributed by atoms with Gasteiger partial charge in [-0.2, -0.15) is 18.2 Å². The number of ether oxygens (including phenoxy) is 1. The number of nitrogens with one attached hydrogen (secondary N) is 2. The summed E-state index contributed by atoms with van der Waals surface area (Å²) < 4.78 is 42.2. The molecule has 4 N–H and O–H groups in total. The first-order valence-corrected chi connectivity index (χ1v) is 5.96. The molecule has 120 valence electrons. The number of anilines is 1. The molecule has 11 heteroatoms. The standard InChI is InChI=1S/C10H14F3N5O2.ClH/c11-10(12,13)6-15-8(18-17-6)16-7(19)9(5-14)1-3-20-4-2-9;/h1-5,14H2,(H2,15,16,17,18,19);1H. The molecular formula is C10H15ClF3N5O2. The number of nitrogens with two attached hydrogens (primary N) is 1. The number of amides is 1. The second-order valence-corrected chi connectivity index (χ2v) is 4.56. The minimum atomic E-state index is -4.64. The average Bonchev–Trinajstić information content (AvgIpc) is 2.88. The molecule has 1 aromatic heterocycles. The van der Waals surface area contributed by atoms with Crippen molar-refractivity contribution in [2.45, 2.75) is 19.0 Å². The van der Waals surface area contributed by atoms with E-state index in [1.807, 2.05) is 0 Å². The smallest absolute Gasteiger partial charge is 0.381 e. The summed E-state index contributed by atoms with van der Waals surface area (Å²) in [5, 5.41) is 7.32. The summed E-state index contributed by atoms with van der Waals surface area (Å²) in [7, 11) is 0. The fourth-order valence-corrected chi connectivity index (χ4v) is 1.96. The predicted octanol–water partition coefficient (Wildman–Crippen LogP) is 0.939. The molecule has 0 atom stereocenters. The summed E-state index contributed by atoms with van der Waals surface area (Å²) in [4.78, 5) is 15.3. The monoisotopic (exact) mass is 329 g/mol. The van der Waals surface area contributed by atoms with E-state index in [0.717, 1.165) is 0 Å². The normalized spacial score (nSPS) is 17.9. The number of alkyl halides is 3. The molecule has 1 aromatic rings. The zero-order chi connectivity index (χ0) is 14.8. The lowest BCUT2D eigenvalue weighted by atomic mass is 9.79. The minimum absolute atomic E-state index is 0. The Bertz CT molecular complexity index is 487. The Hall–Kier alpha value is -1.39. The Labute approximate surface area is 124 Å². The molecule has 0 unspecified atom stereocenters. The Kier molecular flexibility index (Phi) is 5.54. The van der Waals surface area contributed by atoms with Gasteiger partial charge in [-0.05, 0) is 12.8 Å². The van der Waals surface area contributed by atoms with Gasteiger partial charge in [-0.25, -0.2) is 0 Å². The SMILES string of the molecule is Cl.NCC1(C(=O)Nc2n[nH]c(C(F)(F)F)n2)CCOCC1. The van der Waals surface area contributed by atoms with Gasteiger partial charge in [-0.15, -0.1) is 17.5 Å². The summed E-state index contributed by atoms with van der Waals surface area (Å²) in [6.07, 6.45) is -3.82. The number of nitrogens with zero attached hydrogens (tertiary/aromatic N) is 2. The van der Waals surface area contributed by atoms with E-state index in [1.165, 1.54) is 0 Å². The molecule has 1 fully saturated rings. The van der Waals surface area contributed by atoms with E-state index in [1.54, 1.807) is 5.10 Å². The number of hydrogen-bond acceptors (Lipinski definition) is 5. The van der Waals surface area contributed by atoms with Gasteiger partial charge in [-0.1, -0.05) is 0 Å². The number of halogens is 4. The molecule has 0 radical (unpaired) electrons. The molecule has 0 bridgehead atoms. The van der Waals surface area contributed by atoms with Gasteiger partial charge in [0.1, 0.15) is 0 Å². The lowest BCUT2D eigenvalue weighted by Crippen LogP contribution is -2.46. The number of aromatic amines is 1. The van der Waals surface area contributed by atoms with Crippen LogP contribution in [0.25, 0.3) is 0 Å². The molecule has 2 heterocycles. The van der Waals surface area contributed by atoms with E-state index in [0.29, 0.717) is 26.1 Å². The second kappa shape index (κ2) is 6.58. The molecule has 0 aromatic carbocycles. The van der Waals surface area contributed by atoms with Crippen molar-refractivity contribution in [1.29, 1.82) is 0 Å². The van der Waals surface area contributed by atoms with Gasteiger partial charge < -0.3 is 10.5 Å². The van der Waals surface area contributed by atoms with E-state index >= 15 is 0 Å². The Morgan fingerprint density at radius 2 is 2.05 bits per heavy atom. The maximum absolute atomic E-state index is 12.4. The lowest BCUT2D eigenvalue weighted by molar-refractivity contribution is -0.144. The van der Waals surface area contributed by atoms with E-state index in [9.17, 15) is 18.0 Å². The third kappa shape index (κ3) is 3.83. The van der Waals surface area contributed by atoms with Crippen LogP contribution in [0.2, 0.25) is 0 Å². The fourth-order valence-electron chi connectivity index (χ4n) is 1.96. The Morgan fingerprint density at radius 1 is 1.43 bits per heavy atom. The predicted molar refractivity (Wildman–Crippen MR) is 68.8 cm³/mol. The van der Waals surface area contributed by atoms with Crippen LogP contribution in [-0.4, -0.2) is 40.8 Å². The summed E-state index contributed by atoms with van der Waals surface area (Å²) in [5.74, 6) is -2.17. The van der Waals surface area contributed by atoms with Crippen LogP contribution in [0.3, 0.4) is 0 Å². The fraction of sp³-hybridized carbons (Fsp3) is 0.700. The number of carbonyl (C=O) groups excluding carboxylic acids is 1. The van der Waals surface area contributed by atoms with Gasteiger partial charge in [0.2, 0.25) is 17.7 Å². The van der Waals surface area contributed by atoms with Gasteiger partial charge >= 0.3 is 6.18 Å². The van der Waals surface area contributed by atoms with Crippen molar-refractivity contribution in [3.8, 4) is 0 Å². The lowest BCUT2D eigenvalue weighted by Gasteiger charge is -2.33. The highest BCUT2D eigenvalue weighted by atomic mass is 35.5. The van der Waals surface area contributed by atoms with Crippen LogP contribution >= 0.6 is 12.4 Å². The third-order valence-corrected chi connectivity index (χ3v) is 3.30. The summed E-state index contributed by atoms with van der Waals surface area (Å²) in [6.45, 7) is 0.845. The van der Waals surface area contributed by atoms with Crippen LogP contribution in [0.4, 0.5) is 19.1 Å². The zero-order valence-electron chi connectivity index (χ0n) is 10.9. The topological polar surface area (TPSA) is 106 Å². The van der Waals surface area contributed by atoms with E-state index in [4.69, 9.17) is 10.5 Å². The number of H-pyrrole nitrogens is 1. The van der Waals surface area contributed by atoms with Crippen molar-refractivity contribution in [3.05, 3.63) is 5.82 Å². The molecule has 1 saturated heterocycles. The maximum Gasteiger partial charge on any atom is 0.451 e. The number of rotatable bonds is 3. The van der Waals surface area contributed by atoms with Gasteiger partial charge in [0.15, 0.2) is 0 Å². The molecule has 0 aliphatic carbocycles. The van der Waals surface area contributed by atoms with Crippen molar-refractivity contribution in [1.82, 2.24) is 15.2 Å². The molecule has 1 aliphatic heterocycles. The summed E-state index contributed by atoms with van der Waals surface area (Å²) in [6, 6.07) is 0. The van der Waals surface area contributed by atoms with Crippen molar-refractivity contribution in [3.63, 3.8) is 0 Å². The van der Waals surface area contributed by atoms with Gasteiger partial charge in [0.05, 0.1) is 5.41 Å². The quantitative estimate of drug-likeness (QED) is 0.765. The first-order valence-electron chi connectivity index (χ1n) is 5.96. The van der Waals surface area contributed by atoms with Crippen molar-refractivity contribution in [2.75, 3.05) is 25.1 Å². The van der Waals surface area contributed by atoms with E-state index in [2.05, 4.69) is 15.4 Å².